The number of rotatable bonds is 2. The predicted octanol–water partition coefficient (Wildman–Crippen LogP) is 1.16. The van der Waals surface area contributed by atoms with E-state index in [0.717, 1.165) is 6.54 Å². The third-order valence-electron chi connectivity index (χ3n) is 1.19. The van der Waals surface area contributed by atoms with Crippen LogP contribution in [0.5, 0.6) is 0 Å². The van der Waals surface area contributed by atoms with Gasteiger partial charge >= 0.3 is 0 Å². The standard InChI is InChI=1S/C6H13N/c1-5(2)6(3)4-7/h6H,1,4,7H2,2-3H3. The average molecular weight is 99.2 g/mol. The van der Waals surface area contributed by atoms with Crippen molar-refractivity contribution in [1.29, 1.82) is 0 Å². The van der Waals surface area contributed by atoms with Gasteiger partial charge in [0, 0.05) is 0 Å². The zero-order valence-corrected chi connectivity index (χ0v) is 5.07. The molecule has 0 aromatic heterocycles. The first-order valence-corrected chi connectivity index (χ1v) is 2.54. The van der Waals surface area contributed by atoms with Crippen LogP contribution in [0.3, 0.4) is 0 Å². The van der Waals surface area contributed by atoms with Gasteiger partial charge in [-0.2, -0.15) is 0 Å². The van der Waals surface area contributed by atoms with Crippen LogP contribution in [-0.4, -0.2) is 6.54 Å². The van der Waals surface area contributed by atoms with Gasteiger partial charge in [0.25, 0.3) is 0 Å². The second kappa shape index (κ2) is 2.80. The van der Waals surface area contributed by atoms with E-state index in [9.17, 15) is 0 Å². The first kappa shape index (κ1) is 6.70. The molecule has 1 atom stereocenters. The van der Waals surface area contributed by atoms with E-state index in [1.807, 2.05) is 6.92 Å². The van der Waals surface area contributed by atoms with E-state index in [0.29, 0.717) is 5.92 Å². The Morgan fingerprint density at radius 1 is 1.86 bits per heavy atom. The van der Waals surface area contributed by atoms with Crippen LogP contribution in [0.15, 0.2) is 12.2 Å². The summed E-state index contributed by atoms with van der Waals surface area (Å²) in [5.74, 6) is 0.486. The van der Waals surface area contributed by atoms with Crippen molar-refractivity contribution in [2.24, 2.45) is 11.7 Å². The first-order valence-electron chi connectivity index (χ1n) is 2.54. The van der Waals surface area contributed by atoms with Crippen LogP contribution in [0.4, 0.5) is 0 Å². The van der Waals surface area contributed by atoms with Crippen LogP contribution >= 0.6 is 0 Å². The number of nitrogens with two attached hydrogens (primary N) is 1. The molecule has 0 aliphatic rings. The summed E-state index contributed by atoms with van der Waals surface area (Å²) >= 11 is 0. The molecule has 0 saturated carbocycles. The Morgan fingerprint density at radius 2 is 2.29 bits per heavy atom. The van der Waals surface area contributed by atoms with Gasteiger partial charge in [-0.3, -0.25) is 0 Å². The molecule has 1 nitrogen and oxygen atoms in total. The minimum Gasteiger partial charge on any atom is -0.330 e. The van der Waals surface area contributed by atoms with Crippen molar-refractivity contribution in [3.63, 3.8) is 0 Å². The Labute approximate surface area is 45.2 Å². The van der Waals surface area contributed by atoms with Crippen molar-refractivity contribution >= 4 is 0 Å². The molecule has 2 N–H and O–H groups in total. The minimum atomic E-state index is 0.486. The van der Waals surface area contributed by atoms with Crippen molar-refractivity contribution in [3.8, 4) is 0 Å². The van der Waals surface area contributed by atoms with E-state index in [1.54, 1.807) is 0 Å². The lowest BCUT2D eigenvalue weighted by molar-refractivity contribution is 0.697. The third-order valence-corrected chi connectivity index (χ3v) is 1.19. The molecular weight excluding hydrogens is 86.1 g/mol. The summed E-state index contributed by atoms with van der Waals surface area (Å²) in [4.78, 5) is 0. The van der Waals surface area contributed by atoms with Gasteiger partial charge in [0.1, 0.15) is 0 Å². The molecule has 0 spiro atoms. The minimum absolute atomic E-state index is 0.486. The first-order chi connectivity index (χ1) is 3.18. The fourth-order valence-corrected chi connectivity index (χ4v) is 0.201. The van der Waals surface area contributed by atoms with Gasteiger partial charge in [0.05, 0.1) is 0 Å². The molecule has 0 saturated heterocycles. The topological polar surface area (TPSA) is 26.0 Å². The average Bonchev–Trinajstić information content (AvgIpc) is 1.65. The van der Waals surface area contributed by atoms with Crippen LogP contribution in [0.25, 0.3) is 0 Å². The van der Waals surface area contributed by atoms with Crippen LogP contribution in [-0.2, 0) is 0 Å². The van der Waals surface area contributed by atoms with Gasteiger partial charge in [0.2, 0.25) is 0 Å². The third kappa shape index (κ3) is 2.40. The molecule has 0 heterocycles. The molecular formula is C6H13N. The molecule has 0 bridgehead atoms. The molecule has 42 valence electrons. The van der Waals surface area contributed by atoms with E-state index in [-0.39, 0.29) is 0 Å². The summed E-state index contributed by atoms with van der Waals surface area (Å²) < 4.78 is 0. The molecule has 0 aliphatic carbocycles. The largest absolute Gasteiger partial charge is 0.330 e. The van der Waals surface area contributed by atoms with E-state index in [2.05, 4.69) is 13.5 Å². The second-order valence-electron chi connectivity index (χ2n) is 1.98. The zero-order valence-electron chi connectivity index (χ0n) is 5.07. The summed E-state index contributed by atoms with van der Waals surface area (Å²) in [6, 6.07) is 0. The van der Waals surface area contributed by atoms with Crippen molar-refractivity contribution < 1.29 is 0 Å². The van der Waals surface area contributed by atoms with E-state index in [1.165, 1.54) is 5.57 Å². The summed E-state index contributed by atoms with van der Waals surface area (Å²) in [6.07, 6.45) is 0. The van der Waals surface area contributed by atoms with Crippen molar-refractivity contribution in [2.75, 3.05) is 6.54 Å². The maximum atomic E-state index is 5.31. The Balaban J connectivity index is 3.34. The van der Waals surface area contributed by atoms with Gasteiger partial charge < -0.3 is 5.73 Å². The lowest BCUT2D eigenvalue weighted by atomic mass is 10.1. The summed E-state index contributed by atoms with van der Waals surface area (Å²) in [6.45, 7) is 8.53. The SMILES string of the molecule is C=C(C)C(C)CN. The Hall–Kier alpha value is -0.300. The van der Waals surface area contributed by atoms with Gasteiger partial charge in [-0.15, -0.1) is 0 Å². The van der Waals surface area contributed by atoms with Crippen molar-refractivity contribution in [2.45, 2.75) is 13.8 Å². The molecule has 0 amide bonds. The second-order valence-corrected chi connectivity index (χ2v) is 1.98. The molecule has 0 rings (SSSR count). The van der Waals surface area contributed by atoms with Crippen molar-refractivity contribution in [1.82, 2.24) is 0 Å². The fourth-order valence-electron chi connectivity index (χ4n) is 0.201. The van der Waals surface area contributed by atoms with Crippen LogP contribution in [0.2, 0.25) is 0 Å². The number of hydrogen-bond acceptors (Lipinski definition) is 1. The molecule has 7 heavy (non-hydrogen) atoms. The highest BCUT2D eigenvalue weighted by atomic mass is 14.5. The zero-order chi connectivity index (χ0) is 5.86. The van der Waals surface area contributed by atoms with Gasteiger partial charge in [0.15, 0.2) is 0 Å². The van der Waals surface area contributed by atoms with Crippen LogP contribution in [0, 0.1) is 5.92 Å². The Kier molecular flexibility index (Phi) is 2.68. The van der Waals surface area contributed by atoms with E-state index >= 15 is 0 Å². The monoisotopic (exact) mass is 99.1 g/mol. The lowest BCUT2D eigenvalue weighted by Gasteiger charge is -2.04. The maximum absolute atomic E-state index is 5.31. The van der Waals surface area contributed by atoms with Crippen molar-refractivity contribution in [3.05, 3.63) is 12.2 Å². The van der Waals surface area contributed by atoms with Gasteiger partial charge in [-0.1, -0.05) is 19.1 Å². The molecule has 1 unspecified atom stereocenters. The highest BCUT2D eigenvalue weighted by molar-refractivity contribution is 4.93. The molecule has 0 aromatic rings. The highest BCUT2D eigenvalue weighted by Crippen LogP contribution is 2.02. The molecule has 1 heteroatoms. The normalized spacial score (nSPS) is 13.6. The fraction of sp³-hybridized carbons (Fsp3) is 0.667. The van der Waals surface area contributed by atoms with Crippen LogP contribution in [0.1, 0.15) is 13.8 Å². The Morgan fingerprint density at radius 3 is 2.29 bits per heavy atom. The molecule has 0 aliphatic heterocycles. The molecule has 0 radical (unpaired) electrons. The maximum Gasteiger partial charge on any atom is -0.00144 e. The van der Waals surface area contributed by atoms with Crippen LogP contribution < -0.4 is 5.73 Å². The lowest BCUT2D eigenvalue weighted by Crippen LogP contribution is -2.10. The predicted molar refractivity (Wildman–Crippen MR) is 33.0 cm³/mol. The highest BCUT2D eigenvalue weighted by Gasteiger charge is 1.94. The summed E-state index contributed by atoms with van der Waals surface area (Å²) in [5, 5.41) is 0. The molecule has 0 aromatic carbocycles. The van der Waals surface area contributed by atoms with Gasteiger partial charge in [-0.25, -0.2) is 0 Å². The Bertz CT molecular complexity index is 66.6. The molecule has 0 fully saturated rings. The quantitative estimate of drug-likeness (QED) is 0.516. The van der Waals surface area contributed by atoms with E-state index < -0.39 is 0 Å². The van der Waals surface area contributed by atoms with Gasteiger partial charge in [-0.05, 0) is 19.4 Å². The summed E-state index contributed by atoms with van der Waals surface area (Å²) in [7, 11) is 0. The number of hydrogen-bond donors (Lipinski definition) is 1. The van der Waals surface area contributed by atoms with E-state index in [4.69, 9.17) is 5.73 Å². The smallest absolute Gasteiger partial charge is 0.00144 e. The summed E-state index contributed by atoms with van der Waals surface area (Å²) in [5.41, 5.74) is 6.48.